The van der Waals surface area contributed by atoms with Crippen LogP contribution in [0.2, 0.25) is 0 Å². The molecule has 0 radical (unpaired) electrons. The van der Waals surface area contributed by atoms with Gasteiger partial charge >= 0.3 is 0 Å². The summed E-state index contributed by atoms with van der Waals surface area (Å²) < 4.78 is 17.7. The fourth-order valence-electron chi connectivity index (χ4n) is 3.76. The third-order valence-corrected chi connectivity index (χ3v) is 5.70. The maximum atomic E-state index is 6.16. The van der Waals surface area contributed by atoms with Gasteiger partial charge < -0.3 is 19.5 Å². The van der Waals surface area contributed by atoms with E-state index in [9.17, 15) is 0 Å². The molecule has 0 spiro atoms. The molecule has 0 fully saturated rings. The van der Waals surface area contributed by atoms with Crippen molar-refractivity contribution in [3.05, 3.63) is 89.5 Å². The molecule has 4 rings (SSSR count). The molecule has 35 heavy (non-hydrogen) atoms. The Labute approximate surface area is 212 Å². The predicted octanol–water partition coefficient (Wildman–Crippen LogP) is 5.98. The lowest BCUT2D eigenvalue weighted by Crippen LogP contribution is -2.41. The number of hydrogen-bond donors (Lipinski definition) is 3. The standard InChI is InChI=1S/C28H31N3O3S/c1-5-32-22-12-10-21(11-13-22)29-27(35)31-30-25-17-28(3,4)34-26-15-14-23(16-24(25)26)33-18-20-9-7-6-8-19(20)2/h6-17,30H,5,18H2,1-4H3,(H2,29,31,35). The highest BCUT2D eigenvalue weighted by atomic mass is 32.1. The molecule has 0 saturated heterocycles. The monoisotopic (exact) mass is 489 g/mol. The van der Waals surface area contributed by atoms with Crippen molar-refractivity contribution in [1.29, 1.82) is 0 Å². The minimum Gasteiger partial charge on any atom is -0.494 e. The molecule has 0 bridgehead atoms. The fraction of sp³-hybridized carbons (Fsp3) is 0.250. The summed E-state index contributed by atoms with van der Waals surface area (Å²) in [5.74, 6) is 2.36. The summed E-state index contributed by atoms with van der Waals surface area (Å²) in [5.41, 5.74) is 10.8. The van der Waals surface area contributed by atoms with Gasteiger partial charge in [0.2, 0.25) is 0 Å². The number of thiocarbonyl (C=S) groups is 1. The van der Waals surface area contributed by atoms with Gasteiger partial charge in [-0.05, 0) is 99.6 Å². The van der Waals surface area contributed by atoms with E-state index in [1.54, 1.807) is 0 Å². The van der Waals surface area contributed by atoms with Crippen molar-refractivity contribution in [3.8, 4) is 17.2 Å². The van der Waals surface area contributed by atoms with E-state index < -0.39 is 5.60 Å². The number of hydrogen-bond acceptors (Lipinski definition) is 5. The summed E-state index contributed by atoms with van der Waals surface area (Å²) in [6, 6.07) is 21.7. The minimum atomic E-state index is -0.481. The van der Waals surface area contributed by atoms with E-state index >= 15 is 0 Å². The van der Waals surface area contributed by atoms with Crippen LogP contribution in [0.25, 0.3) is 5.70 Å². The number of aryl methyl sites for hydroxylation is 1. The molecule has 182 valence electrons. The number of hydrazine groups is 1. The van der Waals surface area contributed by atoms with Crippen LogP contribution in [0.1, 0.15) is 37.5 Å². The Balaban J connectivity index is 1.43. The fourth-order valence-corrected chi connectivity index (χ4v) is 3.93. The second kappa shape index (κ2) is 10.7. The molecule has 0 saturated carbocycles. The third kappa shape index (κ3) is 6.45. The third-order valence-electron chi connectivity index (χ3n) is 5.50. The zero-order valence-electron chi connectivity index (χ0n) is 20.5. The first-order valence-electron chi connectivity index (χ1n) is 11.6. The summed E-state index contributed by atoms with van der Waals surface area (Å²) in [7, 11) is 0. The molecule has 0 amide bonds. The van der Waals surface area contributed by atoms with Gasteiger partial charge in [-0.25, -0.2) is 0 Å². The molecule has 1 heterocycles. The Morgan fingerprint density at radius 1 is 0.971 bits per heavy atom. The Kier molecular flexibility index (Phi) is 7.46. The summed E-state index contributed by atoms with van der Waals surface area (Å²) in [5, 5.41) is 3.61. The van der Waals surface area contributed by atoms with Gasteiger partial charge in [-0.2, -0.15) is 0 Å². The van der Waals surface area contributed by atoms with Crippen molar-refractivity contribution in [2.45, 2.75) is 39.9 Å². The lowest BCUT2D eigenvalue weighted by molar-refractivity contribution is 0.157. The number of nitrogens with one attached hydrogen (secondary N) is 3. The van der Waals surface area contributed by atoms with E-state index in [0.29, 0.717) is 18.3 Å². The number of benzene rings is 3. The smallest absolute Gasteiger partial charge is 0.189 e. The van der Waals surface area contributed by atoms with Crippen LogP contribution in [0, 0.1) is 6.92 Å². The molecule has 7 heteroatoms. The molecule has 0 aromatic heterocycles. The van der Waals surface area contributed by atoms with Crippen LogP contribution in [0.3, 0.4) is 0 Å². The van der Waals surface area contributed by atoms with E-state index in [0.717, 1.165) is 39.8 Å². The van der Waals surface area contributed by atoms with Crippen LogP contribution in [-0.2, 0) is 6.61 Å². The van der Waals surface area contributed by atoms with Crippen molar-refractivity contribution in [2.24, 2.45) is 0 Å². The zero-order valence-corrected chi connectivity index (χ0v) is 21.3. The largest absolute Gasteiger partial charge is 0.494 e. The average molecular weight is 490 g/mol. The molecule has 1 aliphatic rings. The number of ether oxygens (including phenoxy) is 3. The molecule has 0 atom stereocenters. The van der Waals surface area contributed by atoms with Crippen molar-refractivity contribution in [3.63, 3.8) is 0 Å². The van der Waals surface area contributed by atoms with E-state index in [4.69, 9.17) is 26.4 Å². The summed E-state index contributed by atoms with van der Waals surface area (Å²) in [6.07, 6.45) is 2.02. The second-order valence-corrected chi connectivity index (χ2v) is 9.21. The van der Waals surface area contributed by atoms with Crippen LogP contribution in [0.15, 0.2) is 72.8 Å². The molecule has 0 aliphatic carbocycles. The molecule has 3 aromatic rings. The molecule has 0 unspecified atom stereocenters. The molecular formula is C28H31N3O3S. The van der Waals surface area contributed by atoms with Crippen LogP contribution in [-0.4, -0.2) is 17.3 Å². The first-order chi connectivity index (χ1) is 16.8. The SMILES string of the molecule is CCOc1ccc(NC(=S)NNC2=CC(C)(C)Oc3ccc(OCc4ccccc4C)cc32)cc1. The average Bonchev–Trinajstić information content (AvgIpc) is 2.83. The van der Waals surface area contributed by atoms with Crippen molar-refractivity contribution >= 4 is 28.7 Å². The van der Waals surface area contributed by atoms with E-state index in [2.05, 4.69) is 35.2 Å². The van der Waals surface area contributed by atoms with Crippen molar-refractivity contribution in [2.75, 3.05) is 11.9 Å². The maximum Gasteiger partial charge on any atom is 0.189 e. The topological polar surface area (TPSA) is 63.8 Å². The minimum absolute atomic E-state index is 0.438. The van der Waals surface area contributed by atoms with Gasteiger partial charge in [0.05, 0.1) is 12.3 Å². The van der Waals surface area contributed by atoms with E-state index in [1.807, 2.05) is 81.4 Å². The quantitative estimate of drug-likeness (QED) is 0.266. The Hall–Kier alpha value is -3.71. The first-order valence-corrected chi connectivity index (χ1v) is 12.0. The van der Waals surface area contributed by atoms with Gasteiger partial charge in [0, 0.05) is 11.3 Å². The van der Waals surface area contributed by atoms with Crippen LogP contribution in [0.5, 0.6) is 17.2 Å². The van der Waals surface area contributed by atoms with Gasteiger partial charge in [0.15, 0.2) is 5.11 Å². The highest BCUT2D eigenvalue weighted by Gasteiger charge is 2.27. The Morgan fingerprint density at radius 3 is 2.46 bits per heavy atom. The Bertz CT molecular complexity index is 1220. The summed E-state index contributed by atoms with van der Waals surface area (Å²) >= 11 is 5.48. The molecule has 3 aromatic carbocycles. The van der Waals surface area contributed by atoms with Gasteiger partial charge in [0.1, 0.15) is 29.5 Å². The van der Waals surface area contributed by atoms with Gasteiger partial charge in [-0.1, -0.05) is 24.3 Å². The van der Waals surface area contributed by atoms with Gasteiger partial charge in [0.25, 0.3) is 0 Å². The molecular weight excluding hydrogens is 458 g/mol. The van der Waals surface area contributed by atoms with Crippen LogP contribution in [0.4, 0.5) is 5.69 Å². The number of rotatable bonds is 8. The number of anilines is 1. The highest BCUT2D eigenvalue weighted by Crippen LogP contribution is 2.37. The lowest BCUT2D eigenvalue weighted by Gasteiger charge is -2.32. The number of fused-ring (bicyclic) bond motifs is 1. The molecule has 3 N–H and O–H groups in total. The Morgan fingerprint density at radius 2 is 1.71 bits per heavy atom. The first kappa shape index (κ1) is 24.4. The maximum absolute atomic E-state index is 6.16. The van der Waals surface area contributed by atoms with E-state index in [-0.39, 0.29) is 0 Å². The highest BCUT2D eigenvalue weighted by molar-refractivity contribution is 7.80. The van der Waals surface area contributed by atoms with Crippen molar-refractivity contribution in [1.82, 2.24) is 10.9 Å². The van der Waals surface area contributed by atoms with Crippen LogP contribution >= 0.6 is 12.2 Å². The summed E-state index contributed by atoms with van der Waals surface area (Å²) in [6.45, 7) is 9.20. The summed E-state index contributed by atoms with van der Waals surface area (Å²) in [4.78, 5) is 0. The normalized spacial score (nSPS) is 13.5. The molecule has 1 aliphatic heterocycles. The van der Waals surface area contributed by atoms with Gasteiger partial charge in [-0.15, -0.1) is 0 Å². The van der Waals surface area contributed by atoms with Crippen LogP contribution < -0.4 is 30.4 Å². The lowest BCUT2D eigenvalue weighted by atomic mass is 9.99. The predicted molar refractivity (Wildman–Crippen MR) is 145 cm³/mol. The van der Waals surface area contributed by atoms with Crippen molar-refractivity contribution < 1.29 is 14.2 Å². The second-order valence-electron chi connectivity index (χ2n) is 8.80. The van der Waals surface area contributed by atoms with E-state index in [1.165, 1.54) is 5.56 Å². The zero-order chi connectivity index (χ0) is 24.8. The van der Waals surface area contributed by atoms with Gasteiger partial charge in [-0.3, -0.25) is 10.9 Å². The molecule has 6 nitrogen and oxygen atoms in total.